The Labute approximate surface area is 169 Å². The fraction of sp³-hybridized carbons (Fsp3) is 0.250. The third kappa shape index (κ3) is 4.14. The molecule has 1 aromatic heterocycles. The van der Waals surface area contributed by atoms with Gasteiger partial charge in [0.25, 0.3) is 10.0 Å². The second kappa shape index (κ2) is 8.44. The number of anilines is 1. The van der Waals surface area contributed by atoms with Crippen LogP contribution in [0.3, 0.4) is 0 Å². The Bertz CT molecular complexity index is 1090. The van der Waals surface area contributed by atoms with E-state index in [4.69, 9.17) is 18.7 Å². The second-order valence-corrected chi connectivity index (χ2v) is 7.67. The highest BCUT2D eigenvalue weighted by atomic mass is 32.2. The maximum Gasteiger partial charge on any atom is 0.270 e. The Morgan fingerprint density at radius 3 is 2.28 bits per heavy atom. The van der Waals surface area contributed by atoms with Gasteiger partial charge in [0.05, 0.1) is 21.3 Å². The van der Waals surface area contributed by atoms with Gasteiger partial charge in [-0.1, -0.05) is 24.2 Å². The SMILES string of the molecule is CCc1ccc(OC)cc1-c1cc(NS(=O)(=O)c2c(OC)cccc2OC)no1. The number of methoxy groups -OCH3 is 3. The highest BCUT2D eigenvalue weighted by Gasteiger charge is 2.26. The summed E-state index contributed by atoms with van der Waals surface area (Å²) in [5.41, 5.74) is 1.79. The Kier molecular flexibility index (Phi) is 5.97. The Hall–Kier alpha value is -3.20. The van der Waals surface area contributed by atoms with E-state index >= 15 is 0 Å². The molecule has 1 N–H and O–H groups in total. The fourth-order valence-electron chi connectivity index (χ4n) is 2.94. The molecule has 29 heavy (non-hydrogen) atoms. The van der Waals surface area contributed by atoms with Gasteiger partial charge in [-0.25, -0.2) is 8.42 Å². The molecule has 3 aromatic rings. The van der Waals surface area contributed by atoms with E-state index in [0.717, 1.165) is 17.5 Å². The van der Waals surface area contributed by atoms with Gasteiger partial charge in [-0.3, -0.25) is 4.72 Å². The number of nitrogens with zero attached hydrogens (tertiary/aromatic N) is 1. The average molecular weight is 418 g/mol. The number of rotatable bonds is 8. The van der Waals surface area contributed by atoms with Crippen LogP contribution in [0.15, 0.2) is 51.9 Å². The van der Waals surface area contributed by atoms with Gasteiger partial charge in [-0.05, 0) is 36.2 Å². The first-order valence-electron chi connectivity index (χ1n) is 8.81. The van der Waals surface area contributed by atoms with Gasteiger partial charge >= 0.3 is 0 Å². The van der Waals surface area contributed by atoms with Gasteiger partial charge in [-0.2, -0.15) is 0 Å². The highest BCUT2D eigenvalue weighted by molar-refractivity contribution is 7.93. The van der Waals surface area contributed by atoms with Gasteiger partial charge < -0.3 is 18.7 Å². The summed E-state index contributed by atoms with van der Waals surface area (Å²) in [4.78, 5) is -0.120. The maximum absolute atomic E-state index is 13.0. The molecular formula is C20H22N2O6S. The van der Waals surface area contributed by atoms with Crippen molar-refractivity contribution in [2.45, 2.75) is 18.2 Å². The molecule has 0 aliphatic heterocycles. The van der Waals surface area contributed by atoms with Gasteiger partial charge in [0.15, 0.2) is 16.5 Å². The molecule has 2 aromatic carbocycles. The molecule has 9 heteroatoms. The normalized spacial score (nSPS) is 11.2. The lowest BCUT2D eigenvalue weighted by molar-refractivity contribution is 0.373. The van der Waals surface area contributed by atoms with Crippen LogP contribution in [0.25, 0.3) is 11.3 Å². The molecule has 0 bridgehead atoms. The minimum atomic E-state index is -4.04. The summed E-state index contributed by atoms with van der Waals surface area (Å²) in [5, 5.41) is 3.86. The lowest BCUT2D eigenvalue weighted by atomic mass is 10.0. The van der Waals surface area contributed by atoms with E-state index in [1.54, 1.807) is 13.2 Å². The van der Waals surface area contributed by atoms with Crippen LogP contribution in [0.1, 0.15) is 12.5 Å². The monoisotopic (exact) mass is 418 g/mol. The Morgan fingerprint density at radius 2 is 1.69 bits per heavy atom. The van der Waals surface area contributed by atoms with Crippen molar-refractivity contribution in [2.24, 2.45) is 0 Å². The van der Waals surface area contributed by atoms with Crippen LogP contribution in [0.4, 0.5) is 5.82 Å². The van der Waals surface area contributed by atoms with E-state index in [-0.39, 0.29) is 22.2 Å². The summed E-state index contributed by atoms with van der Waals surface area (Å²) in [6, 6.07) is 11.8. The minimum absolute atomic E-state index is 0.0397. The molecule has 0 saturated carbocycles. The number of aryl methyl sites for hydroxylation is 1. The van der Waals surface area contributed by atoms with Gasteiger partial charge in [0.1, 0.15) is 17.2 Å². The lowest BCUT2D eigenvalue weighted by Gasteiger charge is -2.13. The first kappa shape index (κ1) is 20.5. The van der Waals surface area contributed by atoms with Gasteiger partial charge in [0, 0.05) is 11.6 Å². The van der Waals surface area contributed by atoms with Crippen molar-refractivity contribution >= 4 is 15.8 Å². The Morgan fingerprint density at radius 1 is 1.00 bits per heavy atom. The third-order valence-electron chi connectivity index (χ3n) is 4.36. The van der Waals surface area contributed by atoms with Crippen LogP contribution in [-0.2, 0) is 16.4 Å². The molecule has 0 amide bonds. The molecule has 154 valence electrons. The molecule has 0 unspecified atom stereocenters. The number of hydrogen-bond acceptors (Lipinski definition) is 7. The summed E-state index contributed by atoms with van der Waals surface area (Å²) >= 11 is 0. The minimum Gasteiger partial charge on any atom is -0.497 e. The van der Waals surface area contributed by atoms with E-state index in [0.29, 0.717) is 11.5 Å². The largest absolute Gasteiger partial charge is 0.497 e. The predicted molar refractivity (Wildman–Crippen MR) is 108 cm³/mol. The number of sulfonamides is 1. The molecule has 3 rings (SSSR count). The quantitative estimate of drug-likeness (QED) is 0.595. The zero-order valence-corrected chi connectivity index (χ0v) is 17.4. The van der Waals surface area contributed by atoms with Gasteiger partial charge in [-0.15, -0.1) is 0 Å². The number of benzene rings is 2. The number of aromatic nitrogens is 1. The molecule has 8 nitrogen and oxygen atoms in total. The van der Waals surface area contributed by atoms with E-state index in [1.807, 2.05) is 25.1 Å². The van der Waals surface area contributed by atoms with Crippen molar-refractivity contribution in [3.05, 3.63) is 48.0 Å². The Balaban J connectivity index is 1.97. The van der Waals surface area contributed by atoms with Crippen LogP contribution < -0.4 is 18.9 Å². The van der Waals surface area contributed by atoms with Crippen molar-refractivity contribution in [1.29, 1.82) is 0 Å². The number of hydrogen-bond donors (Lipinski definition) is 1. The van der Waals surface area contributed by atoms with E-state index in [1.165, 1.54) is 32.4 Å². The number of ether oxygens (including phenoxy) is 3. The van der Waals surface area contributed by atoms with Crippen molar-refractivity contribution in [3.8, 4) is 28.6 Å². The van der Waals surface area contributed by atoms with Gasteiger partial charge in [0.2, 0.25) is 0 Å². The lowest BCUT2D eigenvalue weighted by Crippen LogP contribution is -2.15. The van der Waals surface area contributed by atoms with Crippen molar-refractivity contribution in [3.63, 3.8) is 0 Å². The van der Waals surface area contributed by atoms with E-state index < -0.39 is 10.0 Å². The smallest absolute Gasteiger partial charge is 0.270 e. The first-order valence-corrected chi connectivity index (χ1v) is 10.3. The second-order valence-electron chi connectivity index (χ2n) is 6.05. The molecule has 0 radical (unpaired) electrons. The standard InChI is InChI=1S/C20H22N2O6S/c1-5-13-9-10-14(25-2)11-15(13)18-12-19(21-28-18)22-29(23,24)20-16(26-3)7-6-8-17(20)27-4/h6-12H,5H2,1-4H3,(H,21,22). The number of nitrogens with one attached hydrogen (secondary N) is 1. The molecule has 0 aliphatic carbocycles. The maximum atomic E-state index is 13.0. The third-order valence-corrected chi connectivity index (χ3v) is 5.78. The average Bonchev–Trinajstić information content (AvgIpc) is 3.19. The molecule has 0 atom stereocenters. The van der Waals surface area contributed by atoms with Crippen LogP contribution in [-0.4, -0.2) is 34.9 Å². The molecule has 0 fully saturated rings. The van der Waals surface area contributed by atoms with Crippen LogP contribution in [0.2, 0.25) is 0 Å². The summed E-state index contributed by atoms with van der Waals surface area (Å²) in [7, 11) is 0.303. The zero-order valence-electron chi connectivity index (χ0n) is 16.6. The summed E-state index contributed by atoms with van der Waals surface area (Å²) in [5.74, 6) is 1.43. The van der Waals surface area contributed by atoms with Crippen LogP contribution in [0, 0.1) is 0 Å². The zero-order chi connectivity index (χ0) is 21.0. The summed E-state index contributed by atoms with van der Waals surface area (Å²) in [6.07, 6.45) is 0.763. The topological polar surface area (TPSA) is 99.9 Å². The molecule has 1 heterocycles. The summed E-state index contributed by atoms with van der Waals surface area (Å²) < 4.78 is 49.4. The molecule has 0 aliphatic rings. The highest BCUT2D eigenvalue weighted by Crippen LogP contribution is 2.35. The predicted octanol–water partition coefficient (Wildman–Crippen LogP) is 3.73. The van der Waals surface area contributed by atoms with Crippen LogP contribution >= 0.6 is 0 Å². The fourth-order valence-corrected chi connectivity index (χ4v) is 4.25. The molecule has 0 spiro atoms. The molecular weight excluding hydrogens is 396 g/mol. The van der Waals surface area contributed by atoms with E-state index in [9.17, 15) is 8.42 Å². The summed E-state index contributed by atoms with van der Waals surface area (Å²) in [6.45, 7) is 2.01. The van der Waals surface area contributed by atoms with E-state index in [2.05, 4.69) is 9.88 Å². The molecule has 0 saturated heterocycles. The van der Waals surface area contributed by atoms with Crippen molar-refractivity contribution in [1.82, 2.24) is 5.16 Å². The van der Waals surface area contributed by atoms with Crippen molar-refractivity contribution < 1.29 is 27.2 Å². The van der Waals surface area contributed by atoms with Crippen LogP contribution in [0.5, 0.6) is 17.2 Å². The first-order chi connectivity index (χ1) is 13.9. The van der Waals surface area contributed by atoms with Crippen molar-refractivity contribution in [2.75, 3.05) is 26.1 Å².